The molecule has 0 radical (unpaired) electrons. The largest absolute Gasteiger partial charge is 0.481 e. The first-order valence-electron chi connectivity index (χ1n) is 7.99. The van der Waals surface area contributed by atoms with Gasteiger partial charge in [0.25, 0.3) is 5.91 Å². The highest BCUT2D eigenvalue weighted by Crippen LogP contribution is 2.23. The van der Waals surface area contributed by atoms with E-state index in [1.54, 1.807) is 6.20 Å². The van der Waals surface area contributed by atoms with Gasteiger partial charge in [0.15, 0.2) is 0 Å². The Morgan fingerprint density at radius 1 is 1.30 bits per heavy atom. The number of nitrogens with zero attached hydrogens (tertiary/aromatic N) is 2. The molecule has 0 aliphatic carbocycles. The first-order chi connectivity index (χ1) is 11.1. The van der Waals surface area contributed by atoms with Crippen LogP contribution in [0.25, 0.3) is 10.9 Å². The fraction of sp³-hybridized carbons (Fsp3) is 0.389. The number of carbonyl (C=O) groups excluding carboxylic acids is 1. The lowest BCUT2D eigenvalue weighted by atomic mass is 9.93. The minimum atomic E-state index is -0.768. The number of aromatic nitrogens is 1. The van der Waals surface area contributed by atoms with E-state index in [-0.39, 0.29) is 18.2 Å². The average molecular weight is 312 g/mol. The number of likely N-dealkylation sites (tertiary alicyclic amines) is 1. The summed E-state index contributed by atoms with van der Waals surface area (Å²) in [6, 6.07) is 9.38. The van der Waals surface area contributed by atoms with E-state index in [1.807, 2.05) is 35.2 Å². The van der Waals surface area contributed by atoms with Crippen molar-refractivity contribution in [2.24, 2.45) is 5.92 Å². The van der Waals surface area contributed by atoms with Gasteiger partial charge in [-0.3, -0.25) is 14.6 Å². The topological polar surface area (TPSA) is 70.5 Å². The molecule has 3 rings (SSSR count). The van der Waals surface area contributed by atoms with E-state index in [0.29, 0.717) is 18.5 Å². The van der Waals surface area contributed by atoms with Gasteiger partial charge in [-0.25, -0.2) is 0 Å². The second-order valence-electron chi connectivity index (χ2n) is 6.10. The zero-order valence-electron chi connectivity index (χ0n) is 12.9. The van der Waals surface area contributed by atoms with Crippen LogP contribution in [0.5, 0.6) is 0 Å². The number of piperidine rings is 1. The van der Waals surface area contributed by atoms with Crippen molar-refractivity contribution < 1.29 is 14.7 Å². The molecule has 0 spiro atoms. The Balaban J connectivity index is 1.71. The van der Waals surface area contributed by atoms with Crippen LogP contribution >= 0.6 is 0 Å². The first-order valence-corrected chi connectivity index (χ1v) is 7.99. The van der Waals surface area contributed by atoms with E-state index in [9.17, 15) is 9.59 Å². The summed E-state index contributed by atoms with van der Waals surface area (Å²) in [4.78, 5) is 29.6. The quantitative estimate of drug-likeness (QED) is 0.942. The van der Waals surface area contributed by atoms with Crippen molar-refractivity contribution in [3.63, 3.8) is 0 Å². The van der Waals surface area contributed by atoms with Gasteiger partial charge in [-0.15, -0.1) is 0 Å². The Kier molecular flexibility index (Phi) is 4.55. The zero-order valence-corrected chi connectivity index (χ0v) is 12.9. The summed E-state index contributed by atoms with van der Waals surface area (Å²) in [5.74, 6) is -0.461. The number of hydrogen-bond acceptors (Lipinski definition) is 3. The van der Waals surface area contributed by atoms with Crippen molar-refractivity contribution in [2.75, 3.05) is 13.1 Å². The normalized spacial score (nSPS) is 18.1. The van der Waals surface area contributed by atoms with Crippen molar-refractivity contribution in [3.8, 4) is 0 Å². The van der Waals surface area contributed by atoms with Gasteiger partial charge < -0.3 is 10.0 Å². The fourth-order valence-corrected chi connectivity index (χ4v) is 3.20. The highest BCUT2D eigenvalue weighted by atomic mass is 16.4. The van der Waals surface area contributed by atoms with Crippen LogP contribution in [0.4, 0.5) is 0 Å². The number of carboxylic acids is 1. The molecule has 1 atom stereocenters. The Bertz CT molecular complexity index is 729. The smallest absolute Gasteiger partial charge is 0.303 e. The van der Waals surface area contributed by atoms with Gasteiger partial charge in [-0.05, 0) is 49.4 Å². The molecule has 1 aliphatic heterocycles. The van der Waals surface area contributed by atoms with E-state index in [1.165, 1.54) is 0 Å². The summed E-state index contributed by atoms with van der Waals surface area (Å²) in [5, 5.41) is 9.77. The van der Waals surface area contributed by atoms with E-state index in [4.69, 9.17) is 5.11 Å². The van der Waals surface area contributed by atoms with Gasteiger partial charge in [-0.2, -0.15) is 0 Å². The number of hydrogen-bond donors (Lipinski definition) is 1. The molecule has 1 saturated heterocycles. The Hall–Kier alpha value is -2.43. The van der Waals surface area contributed by atoms with E-state index in [0.717, 1.165) is 30.3 Å². The third-order valence-corrected chi connectivity index (χ3v) is 4.42. The third kappa shape index (κ3) is 3.67. The molecule has 1 unspecified atom stereocenters. The second-order valence-corrected chi connectivity index (χ2v) is 6.10. The lowest BCUT2D eigenvalue weighted by Crippen LogP contribution is -2.40. The number of benzene rings is 1. The molecule has 1 aromatic carbocycles. The van der Waals surface area contributed by atoms with Crippen molar-refractivity contribution >= 4 is 22.8 Å². The van der Waals surface area contributed by atoms with Crippen LogP contribution in [0.3, 0.4) is 0 Å². The maximum absolute atomic E-state index is 12.7. The minimum absolute atomic E-state index is 0.0239. The van der Waals surface area contributed by atoms with E-state index < -0.39 is 5.97 Å². The highest BCUT2D eigenvalue weighted by molar-refractivity contribution is 5.98. The van der Waals surface area contributed by atoms with Gasteiger partial charge in [0.05, 0.1) is 5.52 Å². The molecule has 5 heteroatoms. The highest BCUT2D eigenvalue weighted by Gasteiger charge is 2.24. The predicted octanol–water partition coefficient (Wildman–Crippen LogP) is 2.95. The van der Waals surface area contributed by atoms with Crippen LogP contribution in [-0.2, 0) is 4.79 Å². The summed E-state index contributed by atoms with van der Waals surface area (Å²) in [6.07, 6.45) is 4.49. The van der Waals surface area contributed by atoms with Gasteiger partial charge >= 0.3 is 5.97 Å². The lowest BCUT2D eigenvalue weighted by Gasteiger charge is -2.32. The maximum Gasteiger partial charge on any atom is 0.303 e. The van der Waals surface area contributed by atoms with Crippen LogP contribution in [0.2, 0.25) is 0 Å². The maximum atomic E-state index is 12.7. The molecule has 1 aliphatic rings. The summed E-state index contributed by atoms with van der Waals surface area (Å²) < 4.78 is 0. The van der Waals surface area contributed by atoms with Gasteiger partial charge in [-0.1, -0.05) is 6.07 Å². The molecule has 0 bridgehead atoms. The van der Waals surface area contributed by atoms with Gasteiger partial charge in [0.1, 0.15) is 0 Å². The van der Waals surface area contributed by atoms with E-state index in [2.05, 4.69) is 4.98 Å². The molecule has 1 aromatic heterocycles. The predicted molar refractivity (Wildman–Crippen MR) is 87.2 cm³/mol. The van der Waals surface area contributed by atoms with Crippen molar-refractivity contribution in [1.29, 1.82) is 0 Å². The summed E-state index contributed by atoms with van der Waals surface area (Å²) in [5.41, 5.74) is 1.55. The van der Waals surface area contributed by atoms with Crippen LogP contribution in [0, 0.1) is 5.92 Å². The number of aliphatic carboxylic acids is 1. The van der Waals surface area contributed by atoms with E-state index >= 15 is 0 Å². The molecular formula is C18H20N2O3. The Morgan fingerprint density at radius 2 is 2.17 bits per heavy atom. The van der Waals surface area contributed by atoms with Crippen molar-refractivity contribution in [2.45, 2.75) is 25.7 Å². The Morgan fingerprint density at radius 3 is 3.00 bits per heavy atom. The number of pyridine rings is 1. The van der Waals surface area contributed by atoms with Gasteiger partial charge in [0, 0.05) is 36.7 Å². The lowest BCUT2D eigenvalue weighted by molar-refractivity contribution is -0.137. The van der Waals surface area contributed by atoms with Crippen LogP contribution < -0.4 is 0 Å². The number of rotatable bonds is 4. The van der Waals surface area contributed by atoms with Crippen molar-refractivity contribution in [1.82, 2.24) is 9.88 Å². The molecule has 0 saturated carbocycles. The fourth-order valence-electron chi connectivity index (χ4n) is 3.20. The third-order valence-electron chi connectivity index (χ3n) is 4.42. The number of amides is 1. The SMILES string of the molecule is O=C(O)CCC1CCCN(C(=O)c2ccc3ncccc3c2)C1. The molecule has 120 valence electrons. The average Bonchev–Trinajstić information content (AvgIpc) is 2.59. The van der Waals surface area contributed by atoms with Crippen molar-refractivity contribution in [3.05, 3.63) is 42.1 Å². The first kappa shape index (κ1) is 15.5. The van der Waals surface area contributed by atoms with Crippen LogP contribution in [0.1, 0.15) is 36.0 Å². The number of carbonyl (C=O) groups is 2. The second kappa shape index (κ2) is 6.77. The molecule has 23 heavy (non-hydrogen) atoms. The van der Waals surface area contributed by atoms with Gasteiger partial charge in [0.2, 0.25) is 0 Å². The summed E-state index contributed by atoms with van der Waals surface area (Å²) >= 11 is 0. The standard InChI is InChI=1S/C18H20N2O3/c21-17(22)8-5-13-3-2-10-20(12-13)18(23)15-6-7-16-14(11-15)4-1-9-19-16/h1,4,6-7,9,11,13H,2-3,5,8,10,12H2,(H,21,22). The number of fused-ring (bicyclic) bond motifs is 1. The molecule has 1 N–H and O–H groups in total. The van der Waals surface area contributed by atoms with Crippen LogP contribution in [0.15, 0.2) is 36.5 Å². The zero-order chi connectivity index (χ0) is 16.2. The summed E-state index contributed by atoms with van der Waals surface area (Å²) in [7, 11) is 0. The number of carboxylic acid groups (broad SMARTS) is 1. The molecule has 2 heterocycles. The molecule has 5 nitrogen and oxygen atoms in total. The molecule has 2 aromatic rings. The minimum Gasteiger partial charge on any atom is -0.481 e. The molecular weight excluding hydrogens is 292 g/mol. The Labute approximate surface area is 134 Å². The molecule has 1 fully saturated rings. The summed E-state index contributed by atoms with van der Waals surface area (Å²) in [6.45, 7) is 1.39. The monoisotopic (exact) mass is 312 g/mol. The molecule has 1 amide bonds. The van der Waals surface area contributed by atoms with Crippen LogP contribution in [-0.4, -0.2) is 40.0 Å².